The quantitative estimate of drug-likeness (QED) is 0.510. The summed E-state index contributed by atoms with van der Waals surface area (Å²) in [7, 11) is -3.39. The van der Waals surface area contributed by atoms with Gasteiger partial charge >= 0.3 is 0 Å². The van der Waals surface area contributed by atoms with Crippen LogP contribution in [0.1, 0.15) is 12.5 Å². The number of hydrogen-bond acceptors (Lipinski definition) is 5. The van der Waals surface area contributed by atoms with E-state index in [2.05, 4.69) is 4.18 Å². The minimum absolute atomic E-state index is 0.0296. The fraction of sp³-hybridized carbons (Fsp3) is 0.538. The van der Waals surface area contributed by atoms with E-state index in [1.807, 2.05) is 37.3 Å². The van der Waals surface area contributed by atoms with Gasteiger partial charge in [-0.25, -0.2) is 0 Å². The van der Waals surface area contributed by atoms with Crippen LogP contribution in [0.2, 0.25) is 0 Å². The Labute approximate surface area is 114 Å². The Kier molecular flexibility index (Phi) is 7.01. The third kappa shape index (κ3) is 8.72. The lowest BCUT2D eigenvalue weighted by atomic mass is 10.2. The van der Waals surface area contributed by atoms with E-state index in [1.165, 1.54) is 0 Å². The van der Waals surface area contributed by atoms with Crippen molar-refractivity contribution in [2.45, 2.75) is 19.6 Å². The van der Waals surface area contributed by atoms with Crippen molar-refractivity contribution in [2.24, 2.45) is 0 Å². The van der Waals surface area contributed by atoms with E-state index in [9.17, 15) is 8.42 Å². The monoisotopic (exact) mass is 288 g/mol. The first-order valence-electron chi connectivity index (χ1n) is 6.05. The van der Waals surface area contributed by atoms with Gasteiger partial charge in [-0.2, -0.15) is 8.42 Å². The Balaban J connectivity index is 2.07. The van der Waals surface area contributed by atoms with Crippen molar-refractivity contribution in [2.75, 3.05) is 26.1 Å². The van der Waals surface area contributed by atoms with E-state index in [1.54, 1.807) is 0 Å². The molecule has 1 unspecified atom stereocenters. The van der Waals surface area contributed by atoms with Gasteiger partial charge in [-0.05, 0) is 12.5 Å². The first-order valence-corrected chi connectivity index (χ1v) is 7.86. The molecule has 1 aromatic rings. The van der Waals surface area contributed by atoms with Crippen LogP contribution < -0.4 is 0 Å². The van der Waals surface area contributed by atoms with Crippen LogP contribution in [-0.4, -0.2) is 40.6 Å². The topological polar surface area (TPSA) is 61.8 Å². The molecule has 1 aromatic carbocycles. The Morgan fingerprint density at radius 2 is 1.84 bits per heavy atom. The Morgan fingerprint density at radius 3 is 2.47 bits per heavy atom. The molecule has 1 atom stereocenters. The smallest absolute Gasteiger partial charge is 0.264 e. The number of ether oxygens (including phenoxy) is 2. The molecule has 5 nitrogen and oxygen atoms in total. The molecule has 0 bridgehead atoms. The summed E-state index contributed by atoms with van der Waals surface area (Å²) < 4.78 is 36.8. The first-order chi connectivity index (χ1) is 8.97. The molecular formula is C13H20O5S. The molecule has 0 spiro atoms. The molecule has 19 heavy (non-hydrogen) atoms. The average Bonchev–Trinajstić information content (AvgIpc) is 2.35. The molecule has 1 rings (SSSR count). The van der Waals surface area contributed by atoms with E-state index in [0.717, 1.165) is 11.8 Å². The number of rotatable bonds is 9. The van der Waals surface area contributed by atoms with Crippen LogP contribution in [0.5, 0.6) is 0 Å². The summed E-state index contributed by atoms with van der Waals surface area (Å²) in [5.41, 5.74) is 1.11. The molecule has 0 aliphatic heterocycles. The largest absolute Gasteiger partial charge is 0.374 e. The summed E-state index contributed by atoms with van der Waals surface area (Å²) in [6.07, 6.45) is 0.909. The summed E-state index contributed by atoms with van der Waals surface area (Å²) in [5.74, 6) is 0. The third-order valence-corrected chi connectivity index (χ3v) is 2.84. The van der Waals surface area contributed by atoms with Crippen LogP contribution in [0.4, 0.5) is 0 Å². The molecule has 0 aliphatic rings. The molecule has 0 aliphatic carbocycles. The first kappa shape index (κ1) is 16.1. The lowest BCUT2D eigenvalue weighted by molar-refractivity contribution is -0.0198. The van der Waals surface area contributed by atoms with E-state index >= 15 is 0 Å². The van der Waals surface area contributed by atoms with Crippen molar-refractivity contribution in [3.05, 3.63) is 35.9 Å². The van der Waals surface area contributed by atoms with Crippen molar-refractivity contribution in [3.8, 4) is 0 Å². The minimum atomic E-state index is -3.39. The zero-order valence-corrected chi connectivity index (χ0v) is 12.1. The average molecular weight is 288 g/mol. The maximum Gasteiger partial charge on any atom is 0.264 e. The van der Waals surface area contributed by atoms with Crippen LogP contribution in [-0.2, 0) is 30.4 Å². The summed E-state index contributed by atoms with van der Waals surface area (Å²) >= 11 is 0. The molecule has 0 amide bonds. The Morgan fingerprint density at radius 1 is 1.16 bits per heavy atom. The van der Waals surface area contributed by atoms with E-state index < -0.39 is 10.1 Å². The van der Waals surface area contributed by atoms with Crippen molar-refractivity contribution in [3.63, 3.8) is 0 Å². The van der Waals surface area contributed by atoms with Crippen molar-refractivity contribution in [1.82, 2.24) is 0 Å². The number of benzene rings is 1. The predicted molar refractivity (Wildman–Crippen MR) is 72.3 cm³/mol. The second-order valence-corrected chi connectivity index (χ2v) is 5.85. The Bertz CT molecular complexity index is 443. The molecule has 0 radical (unpaired) electrons. The van der Waals surface area contributed by atoms with Crippen molar-refractivity contribution >= 4 is 10.1 Å². The lowest BCUT2D eigenvalue weighted by Crippen LogP contribution is -2.19. The van der Waals surface area contributed by atoms with Gasteiger partial charge in [0.15, 0.2) is 0 Å². The van der Waals surface area contributed by atoms with E-state index in [0.29, 0.717) is 13.2 Å². The van der Waals surface area contributed by atoms with Gasteiger partial charge in [0.05, 0.1) is 38.8 Å². The molecule has 0 N–H and O–H groups in total. The second-order valence-electron chi connectivity index (χ2n) is 4.21. The van der Waals surface area contributed by atoms with Crippen LogP contribution in [0, 0.1) is 0 Å². The van der Waals surface area contributed by atoms with Crippen LogP contribution in [0.15, 0.2) is 30.3 Å². The molecule has 0 saturated carbocycles. The third-order valence-electron chi connectivity index (χ3n) is 2.25. The minimum Gasteiger partial charge on any atom is -0.374 e. The van der Waals surface area contributed by atoms with Gasteiger partial charge in [0.25, 0.3) is 10.1 Å². The predicted octanol–water partition coefficient (Wildman–Crippen LogP) is 1.58. The summed E-state index contributed by atoms with van der Waals surface area (Å²) in [6, 6.07) is 9.86. The van der Waals surface area contributed by atoms with Gasteiger partial charge in [-0.3, -0.25) is 4.18 Å². The molecule has 0 aromatic heterocycles. The Hall–Kier alpha value is -0.950. The van der Waals surface area contributed by atoms with Gasteiger partial charge in [-0.1, -0.05) is 30.3 Å². The fourth-order valence-electron chi connectivity index (χ4n) is 1.40. The molecular weight excluding hydrogens is 268 g/mol. The van der Waals surface area contributed by atoms with Crippen LogP contribution in [0.25, 0.3) is 0 Å². The van der Waals surface area contributed by atoms with E-state index in [-0.39, 0.29) is 19.3 Å². The van der Waals surface area contributed by atoms with Gasteiger partial charge in [-0.15, -0.1) is 0 Å². The number of hydrogen-bond donors (Lipinski definition) is 0. The summed E-state index contributed by atoms with van der Waals surface area (Å²) in [4.78, 5) is 0. The summed E-state index contributed by atoms with van der Waals surface area (Å²) in [6.45, 7) is 3.11. The highest BCUT2D eigenvalue weighted by atomic mass is 32.2. The highest BCUT2D eigenvalue weighted by molar-refractivity contribution is 7.85. The zero-order valence-electron chi connectivity index (χ0n) is 11.2. The fourth-order valence-corrected chi connectivity index (χ4v) is 1.77. The van der Waals surface area contributed by atoms with Gasteiger partial charge in [0, 0.05) is 0 Å². The standard InChI is InChI=1S/C13H20O5S/c1-12(17-8-9-18-19(2,14)15)10-16-11-13-6-4-3-5-7-13/h3-7,12H,8-11H2,1-2H3. The van der Waals surface area contributed by atoms with Crippen LogP contribution >= 0.6 is 0 Å². The SMILES string of the molecule is CC(COCc1ccccc1)OCCOS(C)(=O)=O. The van der Waals surface area contributed by atoms with Gasteiger partial charge in [0.1, 0.15) is 0 Å². The van der Waals surface area contributed by atoms with Crippen molar-refractivity contribution in [1.29, 1.82) is 0 Å². The maximum atomic E-state index is 10.7. The highest BCUT2D eigenvalue weighted by Gasteiger charge is 2.05. The van der Waals surface area contributed by atoms with Crippen molar-refractivity contribution < 1.29 is 22.1 Å². The van der Waals surface area contributed by atoms with E-state index in [4.69, 9.17) is 9.47 Å². The summed E-state index contributed by atoms with van der Waals surface area (Å²) in [5, 5.41) is 0. The molecule has 0 saturated heterocycles. The molecule has 0 fully saturated rings. The second kappa shape index (κ2) is 8.27. The molecule has 108 valence electrons. The zero-order chi connectivity index (χ0) is 14.1. The molecule has 0 heterocycles. The normalized spacial score (nSPS) is 13.4. The lowest BCUT2D eigenvalue weighted by Gasteiger charge is -2.13. The van der Waals surface area contributed by atoms with Gasteiger partial charge in [0.2, 0.25) is 0 Å². The highest BCUT2D eigenvalue weighted by Crippen LogP contribution is 2.02. The molecule has 6 heteroatoms. The van der Waals surface area contributed by atoms with Crippen LogP contribution in [0.3, 0.4) is 0 Å². The van der Waals surface area contributed by atoms with Gasteiger partial charge < -0.3 is 9.47 Å². The maximum absolute atomic E-state index is 10.7.